The van der Waals surface area contributed by atoms with Gasteiger partial charge in [-0.25, -0.2) is 4.68 Å². The fraction of sp³-hybridized carbons (Fsp3) is 0.474. The lowest BCUT2D eigenvalue weighted by molar-refractivity contribution is 0.111. The summed E-state index contributed by atoms with van der Waals surface area (Å²) in [6.07, 6.45) is 4.97. The van der Waals surface area contributed by atoms with E-state index in [0.29, 0.717) is 30.0 Å². The maximum absolute atomic E-state index is 11.3. The quantitative estimate of drug-likeness (QED) is 0.760. The number of carbonyl (C=O) groups is 1. The van der Waals surface area contributed by atoms with Gasteiger partial charge in [0.2, 0.25) is 0 Å². The van der Waals surface area contributed by atoms with Crippen LogP contribution in [0.1, 0.15) is 48.7 Å². The van der Waals surface area contributed by atoms with Crippen molar-refractivity contribution in [1.82, 2.24) is 9.78 Å². The summed E-state index contributed by atoms with van der Waals surface area (Å²) >= 11 is 0. The number of hydrogen-bond donors (Lipinski definition) is 0. The monoisotopic (exact) mass is 327 g/mol. The Morgan fingerprint density at radius 1 is 1.38 bits per heavy atom. The van der Waals surface area contributed by atoms with Gasteiger partial charge in [-0.1, -0.05) is 12.1 Å². The zero-order valence-corrected chi connectivity index (χ0v) is 14.6. The molecule has 24 heavy (non-hydrogen) atoms. The summed E-state index contributed by atoms with van der Waals surface area (Å²) in [4.78, 5) is 13.7. The van der Waals surface area contributed by atoms with Crippen LogP contribution >= 0.6 is 0 Å². The van der Waals surface area contributed by atoms with Crippen molar-refractivity contribution in [2.24, 2.45) is 0 Å². The third-order valence-corrected chi connectivity index (χ3v) is 4.64. The molecule has 5 nitrogen and oxygen atoms in total. The van der Waals surface area contributed by atoms with Crippen LogP contribution in [-0.2, 0) is 0 Å². The van der Waals surface area contributed by atoms with Crippen LogP contribution in [0, 0.1) is 6.92 Å². The van der Waals surface area contributed by atoms with Crippen molar-refractivity contribution in [3.8, 4) is 5.75 Å². The Bertz CT molecular complexity index is 708. The van der Waals surface area contributed by atoms with Crippen molar-refractivity contribution < 1.29 is 9.53 Å². The average Bonchev–Trinajstić information content (AvgIpc) is 3.21. The molecular formula is C19H25N3O2. The van der Waals surface area contributed by atoms with Gasteiger partial charge in [0.05, 0.1) is 17.8 Å². The van der Waals surface area contributed by atoms with E-state index in [4.69, 9.17) is 4.74 Å². The van der Waals surface area contributed by atoms with Crippen LogP contribution in [0.25, 0.3) is 0 Å². The third-order valence-electron chi connectivity index (χ3n) is 4.64. The van der Waals surface area contributed by atoms with Crippen molar-refractivity contribution in [2.45, 2.75) is 45.7 Å². The Balaban J connectivity index is 1.74. The van der Waals surface area contributed by atoms with Crippen molar-refractivity contribution in [3.05, 3.63) is 41.6 Å². The molecule has 0 aliphatic carbocycles. The molecule has 0 N–H and O–H groups in total. The van der Waals surface area contributed by atoms with Gasteiger partial charge in [0.15, 0.2) is 6.29 Å². The van der Waals surface area contributed by atoms with E-state index in [1.807, 2.05) is 31.3 Å². The first kappa shape index (κ1) is 16.6. The Morgan fingerprint density at radius 2 is 2.21 bits per heavy atom. The Hall–Kier alpha value is -2.30. The van der Waals surface area contributed by atoms with E-state index in [9.17, 15) is 4.79 Å². The molecule has 5 heteroatoms. The fourth-order valence-electron chi connectivity index (χ4n) is 3.36. The molecule has 1 aliphatic rings. The van der Waals surface area contributed by atoms with Gasteiger partial charge in [0, 0.05) is 18.7 Å². The maximum Gasteiger partial charge on any atom is 0.154 e. The van der Waals surface area contributed by atoms with Gasteiger partial charge < -0.3 is 9.64 Å². The summed E-state index contributed by atoms with van der Waals surface area (Å²) in [5.41, 5.74) is 1.60. The number of aryl methyl sites for hydroxylation is 1. The summed E-state index contributed by atoms with van der Waals surface area (Å²) < 4.78 is 8.08. The second-order valence-corrected chi connectivity index (χ2v) is 6.63. The predicted molar refractivity (Wildman–Crippen MR) is 95.0 cm³/mol. The zero-order valence-electron chi connectivity index (χ0n) is 14.6. The van der Waals surface area contributed by atoms with E-state index in [1.165, 1.54) is 0 Å². The minimum atomic E-state index is 0.305. The highest BCUT2D eigenvalue weighted by Gasteiger charge is 2.28. The van der Waals surface area contributed by atoms with Crippen LogP contribution in [0.2, 0.25) is 0 Å². The van der Waals surface area contributed by atoms with Gasteiger partial charge in [-0.3, -0.25) is 4.79 Å². The van der Waals surface area contributed by atoms with Gasteiger partial charge >= 0.3 is 0 Å². The topological polar surface area (TPSA) is 47.4 Å². The number of benzene rings is 1. The molecule has 1 atom stereocenters. The minimum Gasteiger partial charge on any atom is -0.491 e. The van der Waals surface area contributed by atoms with E-state index in [2.05, 4.69) is 34.6 Å². The molecule has 0 saturated carbocycles. The van der Waals surface area contributed by atoms with E-state index < -0.39 is 0 Å². The molecular weight excluding hydrogens is 302 g/mol. The molecule has 1 aliphatic heterocycles. The van der Waals surface area contributed by atoms with Crippen LogP contribution in [0.15, 0.2) is 30.5 Å². The number of hydrogen-bond acceptors (Lipinski definition) is 4. The maximum atomic E-state index is 11.3. The largest absolute Gasteiger partial charge is 0.491 e. The summed E-state index contributed by atoms with van der Waals surface area (Å²) in [5, 5.41) is 4.44. The molecule has 2 heterocycles. The predicted octanol–water partition coefficient (Wildman–Crippen LogP) is 3.63. The molecule has 3 rings (SSSR count). The van der Waals surface area contributed by atoms with Gasteiger partial charge in [-0.05, 0) is 45.2 Å². The fourth-order valence-corrected chi connectivity index (χ4v) is 3.36. The summed E-state index contributed by atoms with van der Waals surface area (Å²) in [5.74, 6) is 1.82. The second-order valence-electron chi connectivity index (χ2n) is 6.63. The molecule has 0 bridgehead atoms. The molecule has 1 fully saturated rings. The Morgan fingerprint density at radius 3 is 2.96 bits per heavy atom. The SMILES string of the molecule is Cc1cccc(OC[C@@H]2CCCN2c2ccnn2C(C)C)c1C=O. The number of nitrogens with zero attached hydrogens (tertiary/aromatic N) is 3. The van der Waals surface area contributed by atoms with Gasteiger partial charge in [-0.15, -0.1) is 0 Å². The number of aromatic nitrogens is 2. The molecule has 1 saturated heterocycles. The van der Waals surface area contributed by atoms with E-state index in [1.54, 1.807) is 0 Å². The van der Waals surface area contributed by atoms with Gasteiger partial charge in [0.1, 0.15) is 18.2 Å². The molecule has 2 aromatic rings. The van der Waals surface area contributed by atoms with Crippen LogP contribution < -0.4 is 9.64 Å². The zero-order chi connectivity index (χ0) is 17.1. The van der Waals surface area contributed by atoms with Crippen molar-refractivity contribution in [3.63, 3.8) is 0 Å². The third kappa shape index (κ3) is 3.16. The Kier molecular flexibility index (Phi) is 4.88. The van der Waals surface area contributed by atoms with E-state index in [0.717, 1.165) is 37.1 Å². The second kappa shape index (κ2) is 7.07. The Labute approximate surface area is 143 Å². The molecule has 0 spiro atoms. The molecule has 1 aromatic heterocycles. The number of ether oxygens (including phenoxy) is 1. The van der Waals surface area contributed by atoms with Crippen molar-refractivity contribution in [1.29, 1.82) is 0 Å². The first-order valence-electron chi connectivity index (χ1n) is 8.59. The molecule has 128 valence electrons. The lowest BCUT2D eigenvalue weighted by Gasteiger charge is -2.28. The standard InChI is InChI=1S/C19H25N3O2/c1-14(2)22-19(9-10-20-22)21-11-5-7-16(21)13-24-18-8-4-6-15(3)17(18)12-23/h4,6,8-10,12,14,16H,5,7,11,13H2,1-3H3/t16-/m0/s1. The molecule has 0 radical (unpaired) electrons. The van der Waals surface area contributed by atoms with E-state index >= 15 is 0 Å². The lowest BCUT2D eigenvalue weighted by atomic mass is 10.1. The molecule has 0 unspecified atom stereocenters. The normalized spacial score (nSPS) is 17.5. The number of anilines is 1. The average molecular weight is 327 g/mol. The first-order chi connectivity index (χ1) is 11.6. The number of rotatable bonds is 6. The highest BCUT2D eigenvalue weighted by atomic mass is 16.5. The van der Waals surface area contributed by atoms with E-state index in [-0.39, 0.29) is 0 Å². The number of aldehydes is 1. The first-order valence-corrected chi connectivity index (χ1v) is 8.59. The summed E-state index contributed by atoms with van der Waals surface area (Å²) in [6.45, 7) is 7.80. The highest BCUT2D eigenvalue weighted by molar-refractivity contribution is 5.81. The molecule has 1 aromatic carbocycles. The van der Waals surface area contributed by atoms with Crippen LogP contribution in [0.5, 0.6) is 5.75 Å². The van der Waals surface area contributed by atoms with Crippen LogP contribution in [-0.4, -0.2) is 35.3 Å². The summed E-state index contributed by atoms with van der Waals surface area (Å²) in [6, 6.07) is 8.43. The van der Waals surface area contributed by atoms with Crippen molar-refractivity contribution >= 4 is 12.1 Å². The number of carbonyl (C=O) groups excluding carboxylic acids is 1. The summed E-state index contributed by atoms with van der Waals surface area (Å²) in [7, 11) is 0. The smallest absolute Gasteiger partial charge is 0.154 e. The van der Waals surface area contributed by atoms with Crippen molar-refractivity contribution in [2.75, 3.05) is 18.1 Å². The highest BCUT2D eigenvalue weighted by Crippen LogP contribution is 2.28. The van der Waals surface area contributed by atoms with Crippen LogP contribution in [0.4, 0.5) is 5.82 Å². The van der Waals surface area contributed by atoms with Gasteiger partial charge in [-0.2, -0.15) is 5.10 Å². The lowest BCUT2D eigenvalue weighted by Crippen LogP contribution is -2.36. The van der Waals surface area contributed by atoms with Gasteiger partial charge in [0.25, 0.3) is 0 Å². The molecule has 0 amide bonds. The minimum absolute atomic E-state index is 0.305. The van der Waals surface area contributed by atoms with Crippen LogP contribution in [0.3, 0.4) is 0 Å².